The van der Waals surface area contributed by atoms with Gasteiger partial charge in [-0.05, 0) is 11.6 Å². The average Bonchev–Trinajstić information content (AvgIpc) is 2.74. The van der Waals surface area contributed by atoms with Crippen LogP contribution in [0.4, 0.5) is 0 Å². The molecule has 0 N–H and O–H groups in total. The summed E-state index contributed by atoms with van der Waals surface area (Å²) >= 11 is 6.37. The first-order chi connectivity index (χ1) is 7.46. The lowest BCUT2D eigenvalue weighted by Crippen LogP contribution is -2.47. The molecule has 1 aromatic carbocycles. The summed E-state index contributed by atoms with van der Waals surface area (Å²) in [6.07, 6.45) is 4.54. The number of hydrogen-bond acceptors (Lipinski definition) is 1. The van der Waals surface area contributed by atoms with Gasteiger partial charge in [-0.1, -0.05) is 55.5 Å². The smallest absolute Gasteiger partial charge is 0.102 e. The van der Waals surface area contributed by atoms with E-state index in [4.69, 9.17) is 16.3 Å². The maximum absolute atomic E-state index is 6.37. The van der Waals surface area contributed by atoms with E-state index in [1.165, 1.54) is 11.1 Å². The minimum absolute atomic E-state index is 0.125. The van der Waals surface area contributed by atoms with Crippen molar-refractivity contribution in [1.82, 2.24) is 0 Å². The molecule has 2 atom stereocenters. The first kappa shape index (κ1) is 10.6. The van der Waals surface area contributed by atoms with E-state index in [0.29, 0.717) is 0 Å². The second kappa shape index (κ2) is 3.00. The predicted octanol–water partition coefficient (Wildman–Crippen LogP) is 4.05. The van der Waals surface area contributed by atoms with Crippen molar-refractivity contribution in [2.75, 3.05) is 0 Å². The fourth-order valence-electron chi connectivity index (χ4n) is 2.78. The highest BCUT2D eigenvalue weighted by atomic mass is 35.5. The summed E-state index contributed by atoms with van der Waals surface area (Å²) in [6.45, 7) is 6.99. The number of rotatable bonds is 1. The van der Waals surface area contributed by atoms with E-state index in [0.717, 1.165) is 5.02 Å². The third-order valence-corrected chi connectivity index (χ3v) is 6.73. The molecule has 3 heteroatoms. The van der Waals surface area contributed by atoms with Crippen molar-refractivity contribution >= 4 is 19.7 Å². The summed E-state index contributed by atoms with van der Waals surface area (Å²) in [5.74, 6) is 0. The van der Waals surface area contributed by atoms with Gasteiger partial charge in [0.1, 0.15) is 11.3 Å². The standard InChI is InChI=1S/C13H15ClOSi/c1-16(2,3)13-8-7-11(15-13)9-5-4-6-10(14)12(9)13/h4-8,11H,1-3H3/t11-,13-/m1/s1. The summed E-state index contributed by atoms with van der Waals surface area (Å²) in [4.78, 5) is 0. The monoisotopic (exact) mass is 250 g/mol. The van der Waals surface area contributed by atoms with Gasteiger partial charge < -0.3 is 4.74 Å². The molecular weight excluding hydrogens is 236 g/mol. The molecule has 0 saturated carbocycles. The molecule has 0 amide bonds. The van der Waals surface area contributed by atoms with Crippen LogP contribution in [0.1, 0.15) is 17.2 Å². The number of hydrogen-bond donors (Lipinski definition) is 0. The Balaban J connectivity index is 2.30. The summed E-state index contributed by atoms with van der Waals surface area (Å²) in [7, 11) is -1.51. The number of benzene rings is 1. The molecule has 0 spiro atoms. The van der Waals surface area contributed by atoms with Crippen molar-refractivity contribution in [1.29, 1.82) is 0 Å². The highest BCUT2D eigenvalue weighted by Gasteiger charge is 2.55. The molecule has 0 saturated heterocycles. The zero-order valence-electron chi connectivity index (χ0n) is 9.75. The van der Waals surface area contributed by atoms with Crippen molar-refractivity contribution in [3.05, 3.63) is 46.5 Å². The molecule has 16 heavy (non-hydrogen) atoms. The van der Waals surface area contributed by atoms with Crippen LogP contribution in [0, 0.1) is 0 Å². The summed E-state index contributed by atoms with van der Waals surface area (Å²) < 4.78 is 6.24. The molecule has 2 heterocycles. The Labute approximate surface area is 102 Å². The fourth-order valence-corrected chi connectivity index (χ4v) is 5.29. The van der Waals surface area contributed by atoms with Crippen LogP contribution in [0.15, 0.2) is 30.4 Å². The third-order valence-electron chi connectivity index (χ3n) is 3.66. The van der Waals surface area contributed by atoms with Crippen LogP contribution in [0.25, 0.3) is 0 Å². The summed E-state index contributed by atoms with van der Waals surface area (Å²) in [6, 6.07) is 6.12. The van der Waals surface area contributed by atoms with Crippen LogP contribution in [0.2, 0.25) is 24.7 Å². The molecule has 0 radical (unpaired) electrons. The predicted molar refractivity (Wildman–Crippen MR) is 69.4 cm³/mol. The Morgan fingerprint density at radius 3 is 2.75 bits per heavy atom. The van der Waals surface area contributed by atoms with Crippen molar-refractivity contribution in [2.24, 2.45) is 0 Å². The van der Waals surface area contributed by atoms with Crippen LogP contribution < -0.4 is 0 Å². The van der Waals surface area contributed by atoms with E-state index >= 15 is 0 Å². The molecule has 2 bridgehead atoms. The zero-order chi connectivity index (χ0) is 11.6. The van der Waals surface area contributed by atoms with Crippen LogP contribution >= 0.6 is 11.6 Å². The van der Waals surface area contributed by atoms with E-state index in [9.17, 15) is 0 Å². The van der Waals surface area contributed by atoms with Gasteiger partial charge in [0.05, 0.1) is 8.07 Å². The van der Waals surface area contributed by atoms with Crippen LogP contribution in [-0.2, 0) is 9.96 Å². The van der Waals surface area contributed by atoms with Gasteiger partial charge in [0, 0.05) is 10.6 Å². The van der Waals surface area contributed by atoms with Crippen LogP contribution in [-0.4, -0.2) is 8.07 Å². The first-order valence-electron chi connectivity index (χ1n) is 5.62. The Morgan fingerprint density at radius 2 is 2.06 bits per heavy atom. The van der Waals surface area contributed by atoms with Crippen LogP contribution in [0.5, 0.6) is 0 Å². The third kappa shape index (κ3) is 1.10. The van der Waals surface area contributed by atoms with Gasteiger partial charge in [-0.3, -0.25) is 0 Å². The van der Waals surface area contributed by atoms with E-state index in [1.807, 2.05) is 12.1 Å². The normalized spacial score (nSPS) is 30.9. The fraction of sp³-hybridized carbons (Fsp3) is 0.385. The molecule has 84 valence electrons. The molecule has 3 rings (SSSR count). The molecule has 1 aromatic rings. The maximum Gasteiger partial charge on any atom is 0.102 e. The highest BCUT2D eigenvalue weighted by Crippen LogP contribution is 2.56. The number of halogens is 1. The van der Waals surface area contributed by atoms with Gasteiger partial charge in [-0.2, -0.15) is 0 Å². The van der Waals surface area contributed by atoms with E-state index in [2.05, 4.69) is 37.9 Å². The van der Waals surface area contributed by atoms with Gasteiger partial charge in [0.25, 0.3) is 0 Å². The van der Waals surface area contributed by atoms with E-state index in [-0.39, 0.29) is 11.3 Å². The van der Waals surface area contributed by atoms with Gasteiger partial charge in [-0.25, -0.2) is 0 Å². The van der Waals surface area contributed by atoms with Crippen molar-refractivity contribution in [2.45, 2.75) is 31.0 Å². The molecular formula is C13H15ClOSi. The Bertz CT molecular complexity index is 489. The number of fused-ring (bicyclic) bond motifs is 5. The van der Waals surface area contributed by atoms with Crippen molar-refractivity contribution in [3.8, 4) is 0 Å². The minimum atomic E-state index is -1.51. The van der Waals surface area contributed by atoms with Crippen LogP contribution in [0.3, 0.4) is 0 Å². The Kier molecular flexibility index (Phi) is 1.98. The van der Waals surface area contributed by atoms with Gasteiger partial charge in [0.2, 0.25) is 0 Å². The average molecular weight is 251 g/mol. The Morgan fingerprint density at radius 1 is 1.31 bits per heavy atom. The van der Waals surface area contributed by atoms with Gasteiger partial charge >= 0.3 is 0 Å². The summed E-state index contributed by atoms with van der Waals surface area (Å²) in [5, 5.41) is 0.650. The van der Waals surface area contributed by atoms with E-state index < -0.39 is 8.07 Å². The number of ether oxygens (including phenoxy) is 1. The molecule has 0 fully saturated rings. The quantitative estimate of drug-likeness (QED) is 0.540. The second-order valence-electron chi connectivity index (χ2n) is 5.59. The largest absolute Gasteiger partial charge is 0.358 e. The molecule has 0 aromatic heterocycles. The topological polar surface area (TPSA) is 9.23 Å². The molecule has 2 aliphatic heterocycles. The Hall–Kier alpha value is -0.573. The minimum Gasteiger partial charge on any atom is -0.358 e. The molecule has 0 aliphatic carbocycles. The first-order valence-corrected chi connectivity index (χ1v) is 9.49. The zero-order valence-corrected chi connectivity index (χ0v) is 11.5. The lowest BCUT2D eigenvalue weighted by molar-refractivity contribution is 0.0487. The lowest BCUT2D eigenvalue weighted by atomic mass is 9.96. The SMILES string of the molecule is C[Si](C)(C)[C@@]12C=C[C@@H](O1)c1cccc(Cl)c12. The molecule has 0 unspecified atom stereocenters. The van der Waals surface area contributed by atoms with E-state index in [1.54, 1.807) is 0 Å². The highest BCUT2D eigenvalue weighted by molar-refractivity contribution is 6.79. The van der Waals surface area contributed by atoms with Gasteiger partial charge in [-0.15, -0.1) is 0 Å². The second-order valence-corrected chi connectivity index (χ2v) is 11.2. The molecule has 2 aliphatic rings. The molecule has 1 nitrogen and oxygen atoms in total. The van der Waals surface area contributed by atoms with Gasteiger partial charge in [0.15, 0.2) is 0 Å². The van der Waals surface area contributed by atoms with Crippen molar-refractivity contribution < 1.29 is 4.74 Å². The maximum atomic E-state index is 6.37. The van der Waals surface area contributed by atoms with Crippen molar-refractivity contribution in [3.63, 3.8) is 0 Å². The summed E-state index contributed by atoms with van der Waals surface area (Å²) in [5.41, 5.74) is 2.49. The lowest BCUT2D eigenvalue weighted by Gasteiger charge is -2.36.